The predicted molar refractivity (Wildman–Crippen MR) is 76.4 cm³/mol. The second-order valence-electron chi connectivity index (χ2n) is 4.46. The zero-order valence-electron chi connectivity index (χ0n) is 10.7. The van der Waals surface area contributed by atoms with Crippen LogP contribution in [0.3, 0.4) is 0 Å². The van der Waals surface area contributed by atoms with Crippen molar-refractivity contribution >= 4 is 28.0 Å². The van der Waals surface area contributed by atoms with E-state index in [1.165, 1.54) is 11.0 Å². The van der Waals surface area contributed by atoms with Gasteiger partial charge in [-0.2, -0.15) is 0 Å². The highest BCUT2D eigenvalue weighted by molar-refractivity contribution is 9.10. The predicted octanol–water partition coefficient (Wildman–Crippen LogP) is 2.58. The zero-order valence-corrected chi connectivity index (χ0v) is 12.3. The van der Waals surface area contributed by atoms with E-state index in [9.17, 15) is 14.7 Å². The monoisotopic (exact) mass is 339 g/mol. The van der Waals surface area contributed by atoms with E-state index < -0.39 is 18.1 Å². The molecule has 0 bridgehead atoms. The smallest absolute Gasteiger partial charge is 0.411 e. The Labute approximate surface area is 125 Å². The molecule has 1 unspecified atom stereocenters. The van der Waals surface area contributed by atoms with E-state index in [-0.39, 0.29) is 19.6 Å². The van der Waals surface area contributed by atoms with Crippen molar-refractivity contribution in [1.82, 2.24) is 4.90 Å². The second-order valence-corrected chi connectivity index (χ2v) is 5.38. The molecule has 1 amide bonds. The number of carboxylic acids is 1. The van der Waals surface area contributed by atoms with E-state index in [2.05, 4.69) is 22.5 Å². The Balaban J connectivity index is 2.27. The molecule has 0 saturated heterocycles. The van der Waals surface area contributed by atoms with Gasteiger partial charge in [0.1, 0.15) is 12.6 Å². The molecule has 1 aromatic carbocycles. The van der Waals surface area contributed by atoms with Crippen LogP contribution in [0, 0.1) is 0 Å². The summed E-state index contributed by atoms with van der Waals surface area (Å²) in [6.45, 7) is 3.75. The van der Waals surface area contributed by atoms with E-state index in [4.69, 9.17) is 4.74 Å². The van der Waals surface area contributed by atoms with Gasteiger partial charge in [-0.15, -0.1) is 0 Å². The molecular formula is C14H14BrNO4. The summed E-state index contributed by atoms with van der Waals surface area (Å²) in [7, 11) is 0. The number of ether oxygens (including phenoxy) is 1. The molecule has 1 aliphatic heterocycles. The Bertz CT molecular complexity index is 558. The number of carbonyl (C=O) groups excluding carboxylic acids is 1. The molecule has 1 heterocycles. The maximum Gasteiger partial charge on any atom is 0.411 e. The number of carboxylic acid groups (broad SMARTS) is 1. The highest BCUT2D eigenvalue weighted by Gasteiger charge is 2.35. The van der Waals surface area contributed by atoms with Crippen molar-refractivity contribution < 1.29 is 19.4 Å². The minimum Gasteiger partial charge on any atom is -0.480 e. The lowest BCUT2D eigenvalue weighted by molar-refractivity contribution is -0.143. The van der Waals surface area contributed by atoms with Gasteiger partial charge in [-0.05, 0) is 23.3 Å². The number of aliphatic carboxylic acids is 1. The van der Waals surface area contributed by atoms with Gasteiger partial charge in [0.05, 0.1) is 6.54 Å². The van der Waals surface area contributed by atoms with Gasteiger partial charge in [0, 0.05) is 10.9 Å². The molecule has 0 aromatic heterocycles. The number of hydrogen-bond donors (Lipinski definition) is 1. The van der Waals surface area contributed by atoms with Crippen LogP contribution < -0.4 is 0 Å². The van der Waals surface area contributed by atoms with Crippen LogP contribution in [0.5, 0.6) is 0 Å². The van der Waals surface area contributed by atoms with Crippen LogP contribution >= 0.6 is 15.9 Å². The largest absolute Gasteiger partial charge is 0.480 e. The van der Waals surface area contributed by atoms with Gasteiger partial charge >= 0.3 is 12.1 Å². The van der Waals surface area contributed by atoms with E-state index >= 15 is 0 Å². The summed E-state index contributed by atoms with van der Waals surface area (Å²) in [4.78, 5) is 24.5. The lowest BCUT2D eigenvalue weighted by atomic mass is 9.94. The molecule has 20 heavy (non-hydrogen) atoms. The van der Waals surface area contributed by atoms with Gasteiger partial charge < -0.3 is 9.84 Å². The Kier molecular flexibility index (Phi) is 4.44. The van der Waals surface area contributed by atoms with E-state index in [0.717, 1.165) is 15.6 Å². The maximum atomic E-state index is 11.9. The van der Waals surface area contributed by atoms with Crippen LogP contribution in [0.1, 0.15) is 11.1 Å². The van der Waals surface area contributed by atoms with Crippen LogP contribution in [0.15, 0.2) is 35.3 Å². The standard InChI is InChI=1S/C14H14BrNO4/c1-2-5-20-14(19)16-8-10-6-11(15)4-3-9(10)7-12(16)13(17)18/h2-4,6,12H,1,5,7-8H2,(H,17,18). The number of amides is 1. The number of halogens is 1. The van der Waals surface area contributed by atoms with Gasteiger partial charge in [0.25, 0.3) is 0 Å². The molecule has 0 saturated carbocycles. The molecule has 0 aliphatic carbocycles. The quantitative estimate of drug-likeness (QED) is 0.859. The summed E-state index contributed by atoms with van der Waals surface area (Å²) in [6.07, 6.45) is 1.09. The molecule has 106 valence electrons. The van der Waals surface area contributed by atoms with Crippen molar-refractivity contribution in [3.63, 3.8) is 0 Å². The van der Waals surface area contributed by atoms with Gasteiger partial charge in [-0.1, -0.05) is 34.7 Å². The van der Waals surface area contributed by atoms with Crippen molar-refractivity contribution in [2.45, 2.75) is 19.0 Å². The number of nitrogens with zero attached hydrogens (tertiary/aromatic N) is 1. The Hall–Kier alpha value is -1.82. The molecule has 0 radical (unpaired) electrons. The highest BCUT2D eigenvalue weighted by atomic mass is 79.9. The number of hydrogen-bond acceptors (Lipinski definition) is 3. The molecular weight excluding hydrogens is 326 g/mol. The molecule has 5 nitrogen and oxygen atoms in total. The first-order chi connectivity index (χ1) is 9.52. The number of fused-ring (bicyclic) bond motifs is 1. The minimum absolute atomic E-state index is 0.0625. The van der Waals surface area contributed by atoms with Crippen LogP contribution in [-0.4, -0.2) is 34.7 Å². The number of carbonyl (C=O) groups is 2. The van der Waals surface area contributed by atoms with Gasteiger partial charge in [0.2, 0.25) is 0 Å². The third-order valence-electron chi connectivity index (χ3n) is 3.14. The molecule has 1 atom stereocenters. The van der Waals surface area contributed by atoms with Crippen molar-refractivity contribution in [2.24, 2.45) is 0 Å². The lowest BCUT2D eigenvalue weighted by Gasteiger charge is -2.33. The maximum absolute atomic E-state index is 11.9. The fourth-order valence-corrected chi connectivity index (χ4v) is 2.59. The first-order valence-corrected chi connectivity index (χ1v) is 6.86. The van der Waals surface area contributed by atoms with E-state index in [1.807, 2.05) is 18.2 Å². The molecule has 0 fully saturated rings. The van der Waals surface area contributed by atoms with Crippen LogP contribution in [-0.2, 0) is 22.5 Å². The summed E-state index contributed by atoms with van der Waals surface area (Å²) in [5.41, 5.74) is 1.86. The van der Waals surface area contributed by atoms with Crippen LogP contribution in [0.2, 0.25) is 0 Å². The summed E-state index contributed by atoms with van der Waals surface area (Å²) in [5.74, 6) is -1.03. The van der Waals surface area contributed by atoms with Gasteiger partial charge in [-0.25, -0.2) is 9.59 Å². The van der Waals surface area contributed by atoms with Gasteiger partial charge in [0.15, 0.2) is 0 Å². The number of rotatable bonds is 3. The molecule has 1 aromatic rings. The van der Waals surface area contributed by atoms with Crippen molar-refractivity contribution in [3.05, 3.63) is 46.5 Å². The third kappa shape index (κ3) is 3.01. The SMILES string of the molecule is C=CCOC(=O)N1Cc2cc(Br)ccc2CC1C(=O)O. The van der Waals surface area contributed by atoms with E-state index in [1.54, 1.807) is 0 Å². The van der Waals surface area contributed by atoms with Crippen molar-refractivity contribution in [2.75, 3.05) is 6.61 Å². The molecule has 0 spiro atoms. The normalized spacial score (nSPS) is 17.2. The number of benzene rings is 1. The summed E-state index contributed by atoms with van der Waals surface area (Å²) in [6, 6.07) is 4.73. The van der Waals surface area contributed by atoms with Crippen molar-refractivity contribution in [1.29, 1.82) is 0 Å². The zero-order chi connectivity index (χ0) is 14.7. The Morgan fingerprint density at radius 1 is 1.50 bits per heavy atom. The third-order valence-corrected chi connectivity index (χ3v) is 3.64. The van der Waals surface area contributed by atoms with E-state index in [0.29, 0.717) is 0 Å². The average molecular weight is 340 g/mol. The topological polar surface area (TPSA) is 66.8 Å². The van der Waals surface area contributed by atoms with Crippen LogP contribution in [0.4, 0.5) is 4.79 Å². The van der Waals surface area contributed by atoms with Crippen LogP contribution in [0.25, 0.3) is 0 Å². The van der Waals surface area contributed by atoms with Crippen molar-refractivity contribution in [3.8, 4) is 0 Å². The Morgan fingerprint density at radius 3 is 2.90 bits per heavy atom. The minimum atomic E-state index is -1.03. The fourth-order valence-electron chi connectivity index (χ4n) is 2.18. The molecule has 1 aliphatic rings. The first-order valence-electron chi connectivity index (χ1n) is 6.07. The summed E-state index contributed by atoms with van der Waals surface area (Å²) in [5, 5.41) is 9.28. The highest BCUT2D eigenvalue weighted by Crippen LogP contribution is 2.27. The molecule has 1 N–H and O–H groups in total. The Morgan fingerprint density at radius 2 is 2.25 bits per heavy atom. The lowest BCUT2D eigenvalue weighted by Crippen LogP contribution is -2.48. The summed E-state index contributed by atoms with van der Waals surface area (Å²) < 4.78 is 5.84. The molecule has 2 rings (SSSR count). The molecule has 6 heteroatoms. The average Bonchev–Trinajstić information content (AvgIpc) is 2.43. The van der Waals surface area contributed by atoms with Gasteiger partial charge in [-0.3, -0.25) is 4.90 Å². The second kappa shape index (κ2) is 6.09. The fraction of sp³-hybridized carbons (Fsp3) is 0.286. The first kappa shape index (κ1) is 14.6. The summed E-state index contributed by atoms with van der Waals surface area (Å²) >= 11 is 3.37.